The van der Waals surface area contributed by atoms with E-state index in [0.29, 0.717) is 16.4 Å². The molecule has 0 aromatic carbocycles. The van der Waals surface area contributed by atoms with Gasteiger partial charge in [-0.05, 0) is 25.7 Å². The molecule has 0 aliphatic rings. The second kappa shape index (κ2) is 19.8. The first-order chi connectivity index (χ1) is 12.1. The Morgan fingerprint density at radius 2 is 0.778 bits per heavy atom. The smallest absolute Gasteiger partial charge is 0.489 e. The first-order valence-corrected chi connectivity index (χ1v) is 12.1. The van der Waals surface area contributed by atoms with Crippen LogP contribution in [0.15, 0.2) is 0 Å². The van der Waals surface area contributed by atoms with Crippen LogP contribution in [0.4, 0.5) is 0 Å². The fourth-order valence-electron chi connectivity index (χ4n) is 2.24. The van der Waals surface area contributed by atoms with E-state index in [4.69, 9.17) is 75.3 Å². The Bertz CT molecular complexity index is 344. The molecule has 0 radical (unpaired) electrons. The minimum atomic E-state index is 0. The van der Waals surface area contributed by atoms with Gasteiger partial charge in [0, 0.05) is 8.64 Å². The summed E-state index contributed by atoms with van der Waals surface area (Å²) in [6.07, 6.45) is 9.07. The summed E-state index contributed by atoms with van der Waals surface area (Å²) >= 11 is 31.1. The molecule has 0 fully saturated rings. The van der Waals surface area contributed by atoms with Crippen molar-refractivity contribution in [3.05, 3.63) is 0 Å². The van der Waals surface area contributed by atoms with Crippen molar-refractivity contribution in [2.45, 2.75) is 79.1 Å². The first-order valence-electron chi connectivity index (χ1n) is 9.72. The van der Waals surface area contributed by atoms with Gasteiger partial charge >= 0.3 is 19.5 Å². The monoisotopic (exact) mass is 536 g/mol. The normalized spacial score (nSPS) is 11.2. The Labute approximate surface area is 214 Å². The van der Waals surface area contributed by atoms with Crippen molar-refractivity contribution in [2.75, 3.05) is 26.2 Å². The van der Waals surface area contributed by atoms with E-state index in [1.54, 1.807) is 0 Å². The molecule has 0 N–H and O–H groups in total. The van der Waals surface area contributed by atoms with Crippen LogP contribution < -0.4 is 0 Å². The summed E-state index contributed by atoms with van der Waals surface area (Å²) in [6, 6.07) is 0. The van der Waals surface area contributed by atoms with Gasteiger partial charge in [-0.3, -0.25) is 0 Å². The Morgan fingerprint density at radius 1 is 0.593 bits per heavy atom. The van der Waals surface area contributed by atoms with E-state index < -0.39 is 0 Å². The average Bonchev–Trinajstić information content (AvgIpc) is 2.61. The zero-order chi connectivity index (χ0) is 20.6. The van der Waals surface area contributed by atoms with Gasteiger partial charge in [0.15, 0.2) is 0 Å². The maximum atomic E-state index is 5.45. The topological polar surface area (TPSA) is 0 Å². The molecular formula is C18H36N2S6Zn. The number of unbranched alkanes of at least 4 members (excludes halogenated alkanes) is 4. The molecule has 156 valence electrons. The van der Waals surface area contributed by atoms with Crippen molar-refractivity contribution >= 4 is 84.0 Å². The van der Waals surface area contributed by atoms with Crippen molar-refractivity contribution in [2.24, 2.45) is 0 Å². The second-order valence-corrected chi connectivity index (χ2v) is 10.1. The van der Waals surface area contributed by atoms with Gasteiger partial charge in [-0.15, -0.1) is 0 Å². The molecule has 0 unspecified atom stereocenters. The van der Waals surface area contributed by atoms with Crippen LogP contribution in [-0.2, 0) is 70.4 Å². The molecular weight excluding hydrogens is 502 g/mol. The Morgan fingerprint density at radius 3 is 0.889 bits per heavy atom. The van der Waals surface area contributed by atoms with Gasteiger partial charge in [-0.1, -0.05) is 53.4 Å². The number of rotatable bonds is 12. The summed E-state index contributed by atoms with van der Waals surface area (Å²) in [6.45, 7) is 12.3. The van der Waals surface area contributed by atoms with Gasteiger partial charge in [0.1, 0.15) is 0 Å². The van der Waals surface area contributed by atoms with Crippen LogP contribution in [0.2, 0.25) is 0 Å². The minimum Gasteiger partial charge on any atom is -0.489 e. The molecule has 2 nitrogen and oxygen atoms in total. The fraction of sp³-hybridized carbons (Fsp3) is 0.889. The van der Waals surface area contributed by atoms with E-state index in [0.717, 1.165) is 77.5 Å². The molecule has 0 saturated heterocycles. The molecule has 9 heteroatoms. The molecule has 0 aliphatic carbocycles. The van der Waals surface area contributed by atoms with Crippen LogP contribution in [0.1, 0.15) is 79.1 Å². The Kier molecular flexibility index (Phi) is 24.6. The predicted molar refractivity (Wildman–Crippen MR) is 134 cm³/mol. The zero-order valence-electron chi connectivity index (χ0n) is 17.5. The fourth-order valence-corrected chi connectivity index (χ4v) is 3.49. The van der Waals surface area contributed by atoms with Crippen LogP contribution in [0.5, 0.6) is 0 Å². The van der Waals surface area contributed by atoms with Crippen molar-refractivity contribution in [1.29, 1.82) is 0 Å². The molecule has 0 amide bonds. The van der Waals surface area contributed by atoms with E-state index in [2.05, 4.69) is 27.7 Å². The molecule has 27 heavy (non-hydrogen) atoms. The summed E-state index contributed by atoms with van der Waals surface area (Å²) in [5.41, 5.74) is 0. The third-order valence-electron chi connectivity index (χ3n) is 4.16. The van der Waals surface area contributed by atoms with Crippen LogP contribution in [0.3, 0.4) is 0 Å². The van der Waals surface area contributed by atoms with Crippen molar-refractivity contribution < 1.29 is 27.3 Å². The third-order valence-corrected chi connectivity index (χ3v) is 7.11. The van der Waals surface area contributed by atoms with Gasteiger partial charge in [-0.2, -0.15) is 0 Å². The molecule has 0 atom stereocenters. The number of hydrogen-bond acceptors (Lipinski definition) is 6. The summed E-state index contributed by atoms with van der Waals surface area (Å²) in [4.78, 5) is 0. The van der Waals surface area contributed by atoms with E-state index in [9.17, 15) is 0 Å². The summed E-state index contributed by atoms with van der Waals surface area (Å²) in [7, 11) is 0. The Balaban J connectivity index is -0.000000411. The SMILES string of the molecule is CCCC[N+]([S-])(CCCC)C(=S)[S-].CCCC[N+]([S-])(CCCC)C(=S)[S-].[Zn+2]. The number of hydrogen-bond donors (Lipinski definition) is 0. The largest absolute Gasteiger partial charge is 2.00 e. The van der Waals surface area contributed by atoms with Crippen molar-refractivity contribution in [3.8, 4) is 0 Å². The summed E-state index contributed by atoms with van der Waals surface area (Å²) in [5, 5.41) is 0. The van der Waals surface area contributed by atoms with E-state index in [1.165, 1.54) is 0 Å². The molecule has 0 spiro atoms. The second-order valence-electron chi connectivity index (χ2n) is 6.62. The Hall–Kier alpha value is 1.86. The summed E-state index contributed by atoms with van der Waals surface area (Å²) < 4.78 is 1.87. The standard InChI is InChI=1S/2C9H19NS3.Zn/c2*1-3-5-7-10(13,9(11)12)8-6-4-2;/h2*3-8H2,1-2H3,(H,11,12);/q;;+2/p-2. The number of nitrogens with zero attached hydrogens (tertiary/aromatic N) is 2. The van der Waals surface area contributed by atoms with Gasteiger partial charge in [0.2, 0.25) is 0 Å². The van der Waals surface area contributed by atoms with Crippen LogP contribution in [0.25, 0.3) is 0 Å². The average molecular weight is 538 g/mol. The maximum Gasteiger partial charge on any atom is 2.00 e. The van der Waals surface area contributed by atoms with E-state index in [1.807, 2.05) is 0 Å². The van der Waals surface area contributed by atoms with Crippen LogP contribution in [0, 0.1) is 0 Å². The third kappa shape index (κ3) is 16.3. The van der Waals surface area contributed by atoms with E-state index >= 15 is 0 Å². The van der Waals surface area contributed by atoms with Gasteiger partial charge < -0.3 is 83.1 Å². The summed E-state index contributed by atoms with van der Waals surface area (Å²) in [5.74, 6) is 0. The molecule has 0 heterocycles. The van der Waals surface area contributed by atoms with Gasteiger partial charge in [0.25, 0.3) is 0 Å². The van der Waals surface area contributed by atoms with Crippen LogP contribution in [-0.4, -0.2) is 42.6 Å². The van der Waals surface area contributed by atoms with Gasteiger partial charge in [-0.25, -0.2) is 0 Å². The molecule has 0 bridgehead atoms. The van der Waals surface area contributed by atoms with Gasteiger partial charge in [0.05, 0.1) is 26.2 Å². The quantitative estimate of drug-likeness (QED) is 0.141. The molecule has 0 aromatic rings. The number of quaternary nitrogens is 2. The maximum absolute atomic E-state index is 5.45. The molecule has 0 aromatic heterocycles. The van der Waals surface area contributed by atoms with Crippen molar-refractivity contribution in [1.82, 2.24) is 0 Å². The molecule has 0 aliphatic heterocycles. The molecule has 0 rings (SSSR count). The van der Waals surface area contributed by atoms with Crippen LogP contribution >= 0.6 is 24.4 Å². The van der Waals surface area contributed by atoms with Crippen molar-refractivity contribution in [3.63, 3.8) is 0 Å². The molecule has 0 saturated carbocycles. The predicted octanol–water partition coefficient (Wildman–Crippen LogP) is 5.39. The zero-order valence-corrected chi connectivity index (χ0v) is 25.4. The number of thiocarbonyl (C=S) groups is 2. The first kappa shape index (κ1) is 33.5. The van der Waals surface area contributed by atoms with E-state index in [-0.39, 0.29) is 19.5 Å². The minimum absolute atomic E-state index is 0.